The number of nitro groups is 1. The van der Waals surface area contributed by atoms with Crippen LogP contribution in [-0.4, -0.2) is 14.9 Å². The Hall–Kier alpha value is -2.84. The summed E-state index contributed by atoms with van der Waals surface area (Å²) in [6.07, 6.45) is 0.974. The maximum absolute atomic E-state index is 13.4. The molecule has 0 saturated carbocycles. The van der Waals surface area contributed by atoms with Gasteiger partial charge >= 0.3 is 5.69 Å². The molecule has 1 aromatic carbocycles. The molecule has 0 saturated heterocycles. The van der Waals surface area contributed by atoms with E-state index in [9.17, 15) is 18.9 Å². The van der Waals surface area contributed by atoms with E-state index in [-0.39, 0.29) is 17.3 Å². The van der Waals surface area contributed by atoms with E-state index >= 15 is 0 Å². The van der Waals surface area contributed by atoms with Crippen molar-refractivity contribution >= 4 is 23.0 Å². The van der Waals surface area contributed by atoms with Crippen LogP contribution in [0, 0.1) is 21.7 Å². The Morgan fingerprint density at radius 3 is 2.74 bits per heavy atom. The maximum atomic E-state index is 13.4. The number of nitrogens with one attached hydrogen (secondary N) is 1. The van der Waals surface area contributed by atoms with E-state index in [1.165, 1.54) is 12.1 Å². The fraction of sp³-hybridized carbons (Fsp3) is 0. The van der Waals surface area contributed by atoms with Gasteiger partial charge in [0.1, 0.15) is 6.33 Å². The maximum Gasteiger partial charge on any atom is 0.353 e. The number of aromatic nitrogens is 2. The lowest BCUT2D eigenvalue weighted by atomic mass is 10.3. The molecule has 0 amide bonds. The molecule has 0 fully saturated rings. The highest BCUT2D eigenvalue weighted by atomic mass is 19.2. The lowest BCUT2D eigenvalue weighted by Crippen LogP contribution is -2.06. The first-order valence-electron chi connectivity index (χ1n) is 4.96. The van der Waals surface area contributed by atoms with Gasteiger partial charge in [-0.05, 0) is 12.1 Å². The van der Waals surface area contributed by atoms with Crippen LogP contribution >= 0.6 is 0 Å². The van der Waals surface area contributed by atoms with Crippen LogP contribution in [-0.2, 0) is 0 Å². The Bertz CT molecular complexity index is 650. The Morgan fingerprint density at radius 2 is 2.05 bits per heavy atom. The SMILES string of the molecule is Nc1ncnc(Nc2cccc(F)c2F)c1[N+](=O)[O-]. The summed E-state index contributed by atoms with van der Waals surface area (Å²) >= 11 is 0. The van der Waals surface area contributed by atoms with E-state index in [2.05, 4.69) is 15.3 Å². The van der Waals surface area contributed by atoms with Crippen LogP contribution in [0.15, 0.2) is 24.5 Å². The predicted molar refractivity (Wildman–Crippen MR) is 62.7 cm³/mol. The smallest absolute Gasteiger partial charge is 0.353 e. The minimum Gasteiger partial charge on any atom is -0.378 e. The second kappa shape index (κ2) is 4.80. The third-order valence-electron chi connectivity index (χ3n) is 2.24. The standard InChI is InChI=1S/C10H7F2N5O2/c11-5-2-1-3-6(7(5)12)16-10-8(17(18)19)9(13)14-4-15-10/h1-4H,(H3,13,14,15,16). The summed E-state index contributed by atoms with van der Waals surface area (Å²) in [6, 6.07) is 3.38. The van der Waals surface area contributed by atoms with Crippen molar-refractivity contribution < 1.29 is 13.7 Å². The molecule has 0 aliphatic rings. The van der Waals surface area contributed by atoms with Gasteiger partial charge in [-0.1, -0.05) is 6.07 Å². The molecule has 9 heteroatoms. The highest BCUT2D eigenvalue weighted by Crippen LogP contribution is 2.30. The second-order valence-electron chi connectivity index (χ2n) is 3.44. The van der Waals surface area contributed by atoms with Gasteiger partial charge in [0.25, 0.3) is 0 Å². The number of nitrogens with two attached hydrogens (primary N) is 1. The van der Waals surface area contributed by atoms with Crippen molar-refractivity contribution in [2.45, 2.75) is 0 Å². The quantitative estimate of drug-likeness (QED) is 0.650. The number of anilines is 3. The Labute approximate surface area is 105 Å². The molecule has 98 valence electrons. The predicted octanol–water partition coefficient (Wildman–Crippen LogP) is 1.99. The van der Waals surface area contributed by atoms with Gasteiger partial charge in [0, 0.05) is 0 Å². The van der Waals surface area contributed by atoms with Crippen molar-refractivity contribution in [1.29, 1.82) is 0 Å². The van der Waals surface area contributed by atoms with Crippen LogP contribution in [0.1, 0.15) is 0 Å². The first-order chi connectivity index (χ1) is 9.00. The average Bonchev–Trinajstić information content (AvgIpc) is 2.34. The summed E-state index contributed by atoms with van der Waals surface area (Å²) in [5.41, 5.74) is 4.45. The summed E-state index contributed by atoms with van der Waals surface area (Å²) in [4.78, 5) is 17.1. The van der Waals surface area contributed by atoms with Crippen LogP contribution < -0.4 is 11.1 Å². The molecule has 0 radical (unpaired) electrons. The minimum atomic E-state index is -1.17. The van der Waals surface area contributed by atoms with E-state index in [0.717, 1.165) is 12.4 Å². The number of nitrogen functional groups attached to an aromatic ring is 1. The first kappa shape index (κ1) is 12.6. The number of halogens is 2. The van der Waals surface area contributed by atoms with Crippen molar-refractivity contribution in [2.24, 2.45) is 0 Å². The number of rotatable bonds is 3. The zero-order valence-electron chi connectivity index (χ0n) is 9.30. The van der Waals surface area contributed by atoms with E-state index in [1.54, 1.807) is 0 Å². The number of benzene rings is 1. The highest BCUT2D eigenvalue weighted by molar-refractivity contribution is 5.72. The van der Waals surface area contributed by atoms with Crippen LogP contribution in [0.5, 0.6) is 0 Å². The van der Waals surface area contributed by atoms with Crippen molar-refractivity contribution in [3.63, 3.8) is 0 Å². The van der Waals surface area contributed by atoms with E-state index in [1.807, 2.05) is 0 Å². The van der Waals surface area contributed by atoms with Crippen molar-refractivity contribution in [3.8, 4) is 0 Å². The summed E-state index contributed by atoms with van der Waals surface area (Å²) in [7, 11) is 0. The van der Waals surface area contributed by atoms with Gasteiger partial charge in [-0.15, -0.1) is 0 Å². The monoisotopic (exact) mass is 267 g/mol. The average molecular weight is 267 g/mol. The molecule has 1 aromatic heterocycles. The van der Waals surface area contributed by atoms with E-state index < -0.39 is 22.2 Å². The van der Waals surface area contributed by atoms with Gasteiger partial charge in [0.05, 0.1) is 10.6 Å². The zero-order chi connectivity index (χ0) is 14.0. The molecule has 0 aliphatic carbocycles. The molecular weight excluding hydrogens is 260 g/mol. The van der Waals surface area contributed by atoms with Crippen molar-refractivity contribution in [3.05, 3.63) is 46.3 Å². The van der Waals surface area contributed by atoms with Gasteiger partial charge in [-0.2, -0.15) is 0 Å². The summed E-state index contributed by atoms with van der Waals surface area (Å²) in [5.74, 6) is -2.95. The minimum absolute atomic E-state index is 0.291. The van der Waals surface area contributed by atoms with Gasteiger partial charge in [0.2, 0.25) is 11.6 Å². The third-order valence-corrected chi connectivity index (χ3v) is 2.24. The van der Waals surface area contributed by atoms with Crippen molar-refractivity contribution in [1.82, 2.24) is 9.97 Å². The number of hydrogen-bond acceptors (Lipinski definition) is 6. The summed E-state index contributed by atoms with van der Waals surface area (Å²) in [5, 5.41) is 13.1. The normalized spacial score (nSPS) is 10.2. The van der Waals surface area contributed by atoms with Gasteiger partial charge in [-0.3, -0.25) is 10.1 Å². The third kappa shape index (κ3) is 2.39. The van der Waals surface area contributed by atoms with Crippen LogP contribution in [0.25, 0.3) is 0 Å². The van der Waals surface area contributed by atoms with Gasteiger partial charge < -0.3 is 11.1 Å². The molecule has 0 aliphatic heterocycles. The first-order valence-corrected chi connectivity index (χ1v) is 4.96. The molecule has 1 heterocycles. The van der Waals surface area contributed by atoms with E-state index in [0.29, 0.717) is 0 Å². The van der Waals surface area contributed by atoms with Crippen molar-refractivity contribution in [2.75, 3.05) is 11.1 Å². The number of nitrogens with zero attached hydrogens (tertiary/aromatic N) is 3. The molecular formula is C10H7F2N5O2. The van der Waals surface area contributed by atoms with Gasteiger partial charge in [0.15, 0.2) is 11.6 Å². The number of hydrogen-bond donors (Lipinski definition) is 2. The van der Waals surface area contributed by atoms with E-state index in [4.69, 9.17) is 5.73 Å². The Balaban J connectivity index is 2.47. The molecule has 0 atom stereocenters. The second-order valence-corrected chi connectivity index (χ2v) is 3.44. The molecule has 0 spiro atoms. The largest absolute Gasteiger partial charge is 0.378 e. The zero-order valence-corrected chi connectivity index (χ0v) is 9.30. The summed E-state index contributed by atoms with van der Waals surface area (Å²) < 4.78 is 26.5. The highest BCUT2D eigenvalue weighted by Gasteiger charge is 2.22. The Morgan fingerprint density at radius 1 is 1.32 bits per heavy atom. The van der Waals surface area contributed by atoms with Crippen LogP contribution in [0.2, 0.25) is 0 Å². The molecule has 2 aromatic rings. The summed E-state index contributed by atoms with van der Waals surface area (Å²) in [6.45, 7) is 0. The fourth-order valence-electron chi connectivity index (χ4n) is 1.39. The topological polar surface area (TPSA) is 107 Å². The fourth-order valence-corrected chi connectivity index (χ4v) is 1.39. The molecule has 0 unspecified atom stereocenters. The Kier molecular flexibility index (Phi) is 3.19. The van der Waals surface area contributed by atoms with Crippen LogP contribution in [0.3, 0.4) is 0 Å². The molecule has 19 heavy (non-hydrogen) atoms. The molecule has 3 N–H and O–H groups in total. The lowest BCUT2D eigenvalue weighted by molar-refractivity contribution is -0.383. The molecule has 0 bridgehead atoms. The lowest BCUT2D eigenvalue weighted by Gasteiger charge is -2.07. The molecule has 2 rings (SSSR count). The van der Waals surface area contributed by atoms with Gasteiger partial charge in [-0.25, -0.2) is 18.7 Å². The van der Waals surface area contributed by atoms with Crippen LogP contribution in [0.4, 0.5) is 31.8 Å². The molecule has 7 nitrogen and oxygen atoms in total.